The molecule has 0 atom stereocenters. The quantitative estimate of drug-likeness (QED) is 0.704. The van der Waals surface area contributed by atoms with Gasteiger partial charge in [-0.15, -0.1) is 0 Å². The van der Waals surface area contributed by atoms with E-state index in [1.807, 2.05) is 38.4 Å². The molecule has 0 saturated carbocycles. The molecule has 1 saturated heterocycles. The minimum atomic E-state index is 0.752. The highest BCUT2D eigenvalue weighted by Gasteiger charge is 2.21. The van der Waals surface area contributed by atoms with Crippen LogP contribution in [-0.4, -0.2) is 55.9 Å². The Hall–Kier alpha value is -3.03. The standard InChI is InChI=1S/C19H24N8/c1-13-11-14(2)27(24-13)18-12-17(22-16(4)23-18)25-7-9-26(10-8-25)19-15(3)20-5-6-21-19/h5-6,11-12H,7-10H2,1-4H3. The largest absolute Gasteiger partial charge is 0.353 e. The highest BCUT2D eigenvalue weighted by atomic mass is 15.3. The van der Waals surface area contributed by atoms with Crippen LogP contribution in [0.1, 0.15) is 22.9 Å². The molecule has 0 amide bonds. The average molecular weight is 364 g/mol. The van der Waals surface area contributed by atoms with Crippen LogP contribution in [0.15, 0.2) is 24.5 Å². The van der Waals surface area contributed by atoms with Gasteiger partial charge >= 0.3 is 0 Å². The second-order valence-corrected chi connectivity index (χ2v) is 6.91. The molecule has 27 heavy (non-hydrogen) atoms. The molecule has 140 valence electrons. The molecule has 0 radical (unpaired) electrons. The topological polar surface area (TPSA) is 75.9 Å². The van der Waals surface area contributed by atoms with Gasteiger partial charge in [-0.25, -0.2) is 19.6 Å². The van der Waals surface area contributed by atoms with Crippen molar-refractivity contribution in [1.82, 2.24) is 29.7 Å². The van der Waals surface area contributed by atoms with E-state index >= 15 is 0 Å². The monoisotopic (exact) mass is 364 g/mol. The van der Waals surface area contributed by atoms with Crippen LogP contribution in [0.2, 0.25) is 0 Å². The van der Waals surface area contributed by atoms with Crippen molar-refractivity contribution in [1.29, 1.82) is 0 Å². The van der Waals surface area contributed by atoms with Gasteiger partial charge in [0.25, 0.3) is 0 Å². The fraction of sp³-hybridized carbons (Fsp3) is 0.421. The normalized spacial score (nSPS) is 14.7. The summed E-state index contributed by atoms with van der Waals surface area (Å²) in [6.07, 6.45) is 3.49. The van der Waals surface area contributed by atoms with Gasteiger partial charge in [0, 0.05) is 50.3 Å². The van der Waals surface area contributed by atoms with Gasteiger partial charge in [0.2, 0.25) is 0 Å². The van der Waals surface area contributed by atoms with Crippen molar-refractivity contribution in [3.05, 3.63) is 47.4 Å². The number of rotatable bonds is 3. The summed E-state index contributed by atoms with van der Waals surface area (Å²) in [5.41, 5.74) is 3.02. The lowest BCUT2D eigenvalue weighted by Gasteiger charge is -2.36. The minimum absolute atomic E-state index is 0.752. The van der Waals surface area contributed by atoms with Crippen LogP contribution in [0.25, 0.3) is 5.82 Å². The van der Waals surface area contributed by atoms with E-state index in [1.165, 1.54) is 0 Å². The highest BCUT2D eigenvalue weighted by Crippen LogP contribution is 2.21. The molecule has 3 aromatic heterocycles. The smallest absolute Gasteiger partial charge is 0.159 e. The maximum absolute atomic E-state index is 4.66. The van der Waals surface area contributed by atoms with Gasteiger partial charge in [0.1, 0.15) is 17.5 Å². The second-order valence-electron chi connectivity index (χ2n) is 6.91. The summed E-state index contributed by atoms with van der Waals surface area (Å²) < 4.78 is 1.88. The lowest BCUT2D eigenvalue weighted by atomic mass is 10.3. The fourth-order valence-electron chi connectivity index (χ4n) is 3.53. The van der Waals surface area contributed by atoms with Crippen LogP contribution in [0.4, 0.5) is 11.6 Å². The lowest BCUT2D eigenvalue weighted by Crippen LogP contribution is -2.47. The van der Waals surface area contributed by atoms with Crippen LogP contribution >= 0.6 is 0 Å². The van der Waals surface area contributed by atoms with E-state index in [2.05, 4.69) is 40.9 Å². The fourth-order valence-corrected chi connectivity index (χ4v) is 3.53. The minimum Gasteiger partial charge on any atom is -0.353 e. The maximum atomic E-state index is 4.66. The van der Waals surface area contributed by atoms with Crippen molar-refractivity contribution in [2.45, 2.75) is 27.7 Å². The molecule has 0 aromatic carbocycles. The van der Waals surface area contributed by atoms with Crippen LogP contribution in [0.3, 0.4) is 0 Å². The second kappa shape index (κ2) is 6.94. The van der Waals surface area contributed by atoms with E-state index in [0.717, 1.165) is 66.5 Å². The van der Waals surface area contributed by atoms with Crippen molar-refractivity contribution in [3.8, 4) is 5.82 Å². The average Bonchev–Trinajstić information content (AvgIpc) is 3.00. The van der Waals surface area contributed by atoms with E-state index in [-0.39, 0.29) is 0 Å². The Bertz CT molecular complexity index is 956. The molecule has 0 bridgehead atoms. The van der Waals surface area contributed by atoms with Gasteiger partial charge in [-0.2, -0.15) is 5.10 Å². The molecule has 0 N–H and O–H groups in total. The molecule has 8 heteroatoms. The van der Waals surface area contributed by atoms with Gasteiger partial charge < -0.3 is 9.80 Å². The Morgan fingerprint density at radius 1 is 0.778 bits per heavy atom. The molecule has 0 aliphatic carbocycles. The van der Waals surface area contributed by atoms with Crippen LogP contribution in [-0.2, 0) is 0 Å². The zero-order valence-electron chi connectivity index (χ0n) is 16.2. The SMILES string of the molecule is Cc1cc(C)n(-c2cc(N3CCN(c4nccnc4C)CC3)nc(C)n2)n1. The molecule has 1 aliphatic rings. The Morgan fingerprint density at radius 2 is 1.44 bits per heavy atom. The first-order valence-corrected chi connectivity index (χ1v) is 9.18. The van der Waals surface area contributed by atoms with Crippen LogP contribution in [0, 0.1) is 27.7 Å². The van der Waals surface area contributed by atoms with E-state index in [4.69, 9.17) is 0 Å². The van der Waals surface area contributed by atoms with Crippen molar-refractivity contribution in [3.63, 3.8) is 0 Å². The number of anilines is 2. The number of aryl methyl sites for hydroxylation is 4. The van der Waals surface area contributed by atoms with Crippen LogP contribution < -0.4 is 9.80 Å². The Kier molecular flexibility index (Phi) is 4.47. The van der Waals surface area contributed by atoms with Gasteiger partial charge in [-0.1, -0.05) is 0 Å². The van der Waals surface area contributed by atoms with Gasteiger partial charge in [-0.05, 0) is 33.8 Å². The predicted molar refractivity (Wildman–Crippen MR) is 105 cm³/mol. The summed E-state index contributed by atoms with van der Waals surface area (Å²) in [7, 11) is 0. The van der Waals surface area contributed by atoms with Crippen molar-refractivity contribution >= 4 is 11.6 Å². The zero-order valence-corrected chi connectivity index (χ0v) is 16.2. The molecular formula is C19H24N8. The maximum Gasteiger partial charge on any atom is 0.159 e. The summed E-state index contributed by atoms with van der Waals surface area (Å²) in [5, 5.41) is 4.55. The third kappa shape index (κ3) is 3.47. The molecule has 8 nitrogen and oxygen atoms in total. The molecule has 4 heterocycles. The number of nitrogens with zero attached hydrogens (tertiary/aromatic N) is 8. The van der Waals surface area contributed by atoms with Gasteiger partial charge in [0.15, 0.2) is 5.82 Å². The third-order valence-electron chi connectivity index (χ3n) is 4.80. The molecule has 1 fully saturated rings. The first kappa shape index (κ1) is 17.4. The molecule has 0 unspecified atom stereocenters. The third-order valence-corrected chi connectivity index (χ3v) is 4.80. The molecule has 4 rings (SSSR count). The van der Waals surface area contributed by atoms with Crippen molar-refractivity contribution in [2.24, 2.45) is 0 Å². The summed E-state index contributed by atoms with van der Waals surface area (Å²) in [5.74, 6) is 3.48. The molecular weight excluding hydrogens is 340 g/mol. The first-order valence-electron chi connectivity index (χ1n) is 9.18. The zero-order chi connectivity index (χ0) is 19.0. The number of aromatic nitrogens is 6. The molecule has 0 spiro atoms. The van der Waals surface area contributed by atoms with Gasteiger partial charge in [0.05, 0.1) is 11.4 Å². The molecule has 3 aromatic rings. The predicted octanol–water partition coefficient (Wildman–Crippen LogP) is 2.01. The Morgan fingerprint density at radius 3 is 2.11 bits per heavy atom. The first-order chi connectivity index (χ1) is 13.0. The highest BCUT2D eigenvalue weighted by molar-refractivity contribution is 5.49. The van der Waals surface area contributed by atoms with E-state index in [1.54, 1.807) is 12.4 Å². The van der Waals surface area contributed by atoms with Gasteiger partial charge in [-0.3, -0.25) is 4.98 Å². The Labute approximate surface area is 158 Å². The Balaban J connectivity index is 1.55. The summed E-state index contributed by atoms with van der Waals surface area (Å²) >= 11 is 0. The van der Waals surface area contributed by atoms with Crippen molar-refractivity contribution in [2.75, 3.05) is 36.0 Å². The number of hydrogen-bond acceptors (Lipinski definition) is 7. The van der Waals surface area contributed by atoms with E-state index in [0.29, 0.717) is 0 Å². The number of hydrogen-bond donors (Lipinski definition) is 0. The summed E-state index contributed by atoms with van der Waals surface area (Å²) in [4.78, 5) is 22.7. The van der Waals surface area contributed by atoms with E-state index < -0.39 is 0 Å². The summed E-state index contributed by atoms with van der Waals surface area (Å²) in [6, 6.07) is 4.08. The lowest BCUT2D eigenvalue weighted by molar-refractivity contribution is 0.636. The van der Waals surface area contributed by atoms with Crippen LogP contribution in [0.5, 0.6) is 0 Å². The van der Waals surface area contributed by atoms with E-state index in [9.17, 15) is 0 Å². The van der Waals surface area contributed by atoms with Crippen molar-refractivity contribution < 1.29 is 0 Å². The summed E-state index contributed by atoms with van der Waals surface area (Å²) in [6.45, 7) is 11.5. The number of piperazine rings is 1. The molecule has 1 aliphatic heterocycles.